The summed E-state index contributed by atoms with van der Waals surface area (Å²) < 4.78 is 14.8. The van der Waals surface area contributed by atoms with Crippen LogP contribution in [-0.2, 0) is 23.8 Å². The van der Waals surface area contributed by atoms with Crippen molar-refractivity contribution in [1.82, 2.24) is 5.32 Å². The van der Waals surface area contributed by atoms with Crippen LogP contribution >= 0.6 is 0 Å². The minimum absolute atomic E-state index is 0.199. The lowest BCUT2D eigenvalue weighted by Crippen LogP contribution is -2.34. The predicted molar refractivity (Wildman–Crippen MR) is 80.2 cm³/mol. The van der Waals surface area contributed by atoms with E-state index < -0.39 is 29.6 Å². The van der Waals surface area contributed by atoms with E-state index in [1.54, 1.807) is 34.6 Å². The number of hydrogen-bond acceptors (Lipinski definition) is 6. The van der Waals surface area contributed by atoms with Gasteiger partial charge in [-0.15, -0.1) is 0 Å². The molecule has 0 aromatic heterocycles. The number of ether oxygens (including phenoxy) is 3. The van der Waals surface area contributed by atoms with Gasteiger partial charge < -0.3 is 19.5 Å². The fourth-order valence-electron chi connectivity index (χ4n) is 1.63. The van der Waals surface area contributed by atoms with Crippen molar-refractivity contribution in [2.24, 2.45) is 5.92 Å². The summed E-state index contributed by atoms with van der Waals surface area (Å²) in [5.41, 5.74) is -0.567. The molecule has 0 aliphatic heterocycles. The average molecular weight is 317 g/mol. The molecule has 7 heteroatoms. The van der Waals surface area contributed by atoms with Crippen LogP contribution in [0.1, 0.15) is 47.5 Å². The first-order chi connectivity index (χ1) is 10.2. The Morgan fingerprint density at radius 3 is 1.91 bits per heavy atom. The van der Waals surface area contributed by atoms with E-state index in [-0.39, 0.29) is 19.6 Å². The Labute approximate surface area is 131 Å². The van der Waals surface area contributed by atoms with Crippen molar-refractivity contribution in [2.75, 3.05) is 19.8 Å². The van der Waals surface area contributed by atoms with Crippen molar-refractivity contribution in [3.05, 3.63) is 0 Å². The highest BCUT2D eigenvalue weighted by molar-refractivity contribution is 5.94. The normalized spacial score (nSPS) is 11.0. The molecule has 0 heterocycles. The van der Waals surface area contributed by atoms with Crippen LogP contribution in [0.2, 0.25) is 0 Å². The lowest BCUT2D eigenvalue weighted by Gasteiger charge is -2.20. The molecule has 0 spiro atoms. The van der Waals surface area contributed by atoms with E-state index in [0.29, 0.717) is 13.0 Å². The van der Waals surface area contributed by atoms with Gasteiger partial charge in [0, 0.05) is 6.54 Å². The fourth-order valence-corrected chi connectivity index (χ4v) is 1.63. The fraction of sp³-hybridized carbons (Fsp3) is 0.800. The third-order valence-corrected chi connectivity index (χ3v) is 2.48. The van der Waals surface area contributed by atoms with Gasteiger partial charge in [-0.25, -0.2) is 4.79 Å². The van der Waals surface area contributed by atoms with E-state index in [0.717, 1.165) is 0 Å². The second kappa shape index (κ2) is 10.0. The number of alkyl carbamates (subject to hydrolysis) is 1. The summed E-state index contributed by atoms with van der Waals surface area (Å²) >= 11 is 0. The molecule has 0 saturated heterocycles. The predicted octanol–water partition coefficient (Wildman–Crippen LogP) is 2.03. The van der Waals surface area contributed by atoms with Crippen molar-refractivity contribution in [2.45, 2.75) is 53.1 Å². The zero-order valence-corrected chi connectivity index (χ0v) is 14.1. The van der Waals surface area contributed by atoms with Crippen molar-refractivity contribution in [1.29, 1.82) is 0 Å². The molecule has 0 unspecified atom stereocenters. The Kier molecular flexibility index (Phi) is 9.21. The van der Waals surface area contributed by atoms with Gasteiger partial charge in [-0.1, -0.05) is 0 Å². The summed E-state index contributed by atoms with van der Waals surface area (Å²) in [4.78, 5) is 34.9. The van der Waals surface area contributed by atoms with Crippen molar-refractivity contribution in [3.8, 4) is 0 Å². The molecule has 1 N–H and O–H groups in total. The topological polar surface area (TPSA) is 90.9 Å². The van der Waals surface area contributed by atoms with Gasteiger partial charge in [-0.05, 0) is 47.5 Å². The Morgan fingerprint density at radius 2 is 1.50 bits per heavy atom. The number of carbonyl (C=O) groups excluding carboxylic acids is 3. The summed E-state index contributed by atoms with van der Waals surface area (Å²) in [6.45, 7) is 9.34. The Morgan fingerprint density at radius 1 is 1.00 bits per heavy atom. The van der Waals surface area contributed by atoms with Gasteiger partial charge in [0.25, 0.3) is 0 Å². The quantitative estimate of drug-likeness (QED) is 0.319. The molecular formula is C15H27NO6. The molecule has 0 saturated carbocycles. The highest BCUT2D eigenvalue weighted by Crippen LogP contribution is 2.12. The third kappa shape index (κ3) is 9.20. The van der Waals surface area contributed by atoms with Gasteiger partial charge in [0.2, 0.25) is 0 Å². The van der Waals surface area contributed by atoms with Gasteiger partial charge in [-0.3, -0.25) is 9.59 Å². The van der Waals surface area contributed by atoms with Crippen LogP contribution in [0.25, 0.3) is 0 Å². The minimum Gasteiger partial charge on any atom is -0.465 e. The van der Waals surface area contributed by atoms with Crippen LogP contribution < -0.4 is 5.32 Å². The molecular weight excluding hydrogens is 290 g/mol. The molecule has 0 aromatic rings. The summed E-state index contributed by atoms with van der Waals surface area (Å²) in [6.07, 6.45) is 0.144. The highest BCUT2D eigenvalue weighted by Gasteiger charge is 2.29. The third-order valence-electron chi connectivity index (χ3n) is 2.48. The molecule has 0 fully saturated rings. The monoisotopic (exact) mass is 317 g/mol. The van der Waals surface area contributed by atoms with Crippen LogP contribution in [0.3, 0.4) is 0 Å². The zero-order chi connectivity index (χ0) is 17.2. The maximum Gasteiger partial charge on any atom is 0.407 e. The number of carbonyl (C=O) groups is 3. The number of esters is 2. The Hall–Kier alpha value is -1.79. The lowest BCUT2D eigenvalue weighted by atomic mass is 10.0. The van der Waals surface area contributed by atoms with Gasteiger partial charge in [0.05, 0.1) is 13.2 Å². The molecule has 0 aromatic carbocycles. The zero-order valence-electron chi connectivity index (χ0n) is 14.1. The molecule has 7 nitrogen and oxygen atoms in total. The molecule has 128 valence electrons. The van der Waals surface area contributed by atoms with E-state index in [2.05, 4.69) is 5.32 Å². The first-order valence-electron chi connectivity index (χ1n) is 7.51. The molecule has 22 heavy (non-hydrogen) atoms. The van der Waals surface area contributed by atoms with Gasteiger partial charge in [0.15, 0.2) is 5.92 Å². The summed E-state index contributed by atoms with van der Waals surface area (Å²) in [5.74, 6) is -2.16. The van der Waals surface area contributed by atoms with E-state index in [1.165, 1.54) is 0 Å². The number of hydrogen-bond donors (Lipinski definition) is 1. The largest absolute Gasteiger partial charge is 0.465 e. The molecule has 1 amide bonds. The molecule has 0 bridgehead atoms. The van der Waals surface area contributed by atoms with Crippen molar-refractivity contribution in [3.63, 3.8) is 0 Å². The SMILES string of the molecule is CCOC(=O)C(CCCNC(=O)OC(C)(C)C)C(=O)OCC. The smallest absolute Gasteiger partial charge is 0.407 e. The summed E-state index contributed by atoms with van der Waals surface area (Å²) in [7, 11) is 0. The summed E-state index contributed by atoms with van der Waals surface area (Å²) in [6, 6.07) is 0. The second-order valence-electron chi connectivity index (χ2n) is 5.63. The first-order valence-corrected chi connectivity index (χ1v) is 7.51. The van der Waals surface area contributed by atoms with Gasteiger partial charge in [0.1, 0.15) is 5.60 Å². The van der Waals surface area contributed by atoms with Crippen molar-refractivity contribution >= 4 is 18.0 Å². The Balaban J connectivity index is 4.26. The van der Waals surface area contributed by atoms with Gasteiger partial charge >= 0.3 is 18.0 Å². The lowest BCUT2D eigenvalue weighted by molar-refractivity contribution is -0.161. The molecule has 0 aliphatic rings. The highest BCUT2D eigenvalue weighted by atomic mass is 16.6. The van der Waals surface area contributed by atoms with Crippen LogP contribution in [0.15, 0.2) is 0 Å². The van der Waals surface area contributed by atoms with E-state index in [1.807, 2.05) is 0 Å². The van der Waals surface area contributed by atoms with Crippen LogP contribution in [0.5, 0.6) is 0 Å². The maximum absolute atomic E-state index is 11.7. The van der Waals surface area contributed by atoms with Crippen molar-refractivity contribution < 1.29 is 28.6 Å². The molecule has 0 rings (SSSR count). The number of nitrogens with one attached hydrogen (secondary N) is 1. The molecule has 0 atom stereocenters. The van der Waals surface area contributed by atoms with E-state index in [4.69, 9.17) is 14.2 Å². The average Bonchev–Trinajstić information content (AvgIpc) is 2.36. The number of amides is 1. The van der Waals surface area contributed by atoms with Crippen LogP contribution in [0, 0.1) is 5.92 Å². The standard InChI is InChI=1S/C15H27NO6/c1-6-20-12(17)11(13(18)21-7-2)9-8-10-16-14(19)22-15(3,4)5/h11H,6-10H2,1-5H3,(H,16,19). The minimum atomic E-state index is -0.958. The maximum atomic E-state index is 11.7. The van der Waals surface area contributed by atoms with E-state index >= 15 is 0 Å². The molecule has 0 radical (unpaired) electrons. The van der Waals surface area contributed by atoms with Gasteiger partial charge in [-0.2, -0.15) is 0 Å². The second-order valence-corrected chi connectivity index (χ2v) is 5.63. The number of rotatable bonds is 8. The van der Waals surface area contributed by atoms with E-state index in [9.17, 15) is 14.4 Å². The van der Waals surface area contributed by atoms with Crippen LogP contribution in [0.4, 0.5) is 4.79 Å². The Bertz CT molecular complexity index is 357. The first kappa shape index (κ1) is 20.2. The molecule has 0 aliphatic carbocycles. The van der Waals surface area contributed by atoms with Crippen LogP contribution in [-0.4, -0.2) is 43.4 Å². The summed E-state index contributed by atoms with van der Waals surface area (Å²) in [5, 5.41) is 2.57.